The number of thiazole rings is 1. The van der Waals surface area contributed by atoms with Crippen LogP contribution in [0.4, 0.5) is 0 Å². The summed E-state index contributed by atoms with van der Waals surface area (Å²) in [5.74, 6) is 0.658. The van der Waals surface area contributed by atoms with Gasteiger partial charge in [-0.05, 0) is 31.0 Å². The lowest BCUT2D eigenvalue weighted by Gasteiger charge is -2.31. The number of carbonyl (C=O) groups is 1. The van der Waals surface area contributed by atoms with Crippen molar-refractivity contribution in [1.82, 2.24) is 19.9 Å². The maximum Gasteiger partial charge on any atom is 0.316 e. The Morgan fingerprint density at radius 1 is 1.22 bits per heavy atom. The van der Waals surface area contributed by atoms with E-state index in [0.717, 1.165) is 34.8 Å². The van der Waals surface area contributed by atoms with Gasteiger partial charge in [-0.15, -0.1) is 11.3 Å². The van der Waals surface area contributed by atoms with Gasteiger partial charge in [0.05, 0.1) is 30.2 Å². The predicted molar refractivity (Wildman–Crippen MR) is 136 cm³/mol. The first-order valence-electron chi connectivity index (χ1n) is 11.4. The summed E-state index contributed by atoms with van der Waals surface area (Å²) in [7, 11) is 1.49. The Morgan fingerprint density at radius 2 is 2.00 bits per heavy atom. The first kappa shape index (κ1) is 24.7. The van der Waals surface area contributed by atoms with E-state index in [0.29, 0.717) is 41.2 Å². The van der Waals surface area contributed by atoms with Gasteiger partial charge in [-0.2, -0.15) is 9.97 Å². The van der Waals surface area contributed by atoms with E-state index < -0.39 is 0 Å². The summed E-state index contributed by atoms with van der Waals surface area (Å²) in [6.07, 6.45) is 4.95. The minimum Gasteiger partial charge on any atom is -0.481 e. The molecule has 0 saturated carbocycles. The van der Waals surface area contributed by atoms with E-state index in [1.807, 2.05) is 16.3 Å². The molecule has 9 nitrogen and oxygen atoms in total. The van der Waals surface area contributed by atoms with E-state index in [4.69, 9.17) is 42.5 Å². The van der Waals surface area contributed by atoms with Gasteiger partial charge in [0.1, 0.15) is 5.71 Å². The second kappa shape index (κ2) is 11.0. The molecule has 36 heavy (non-hydrogen) atoms. The van der Waals surface area contributed by atoms with E-state index >= 15 is 0 Å². The molecule has 188 valence electrons. The fourth-order valence-electron chi connectivity index (χ4n) is 4.16. The highest BCUT2D eigenvalue weighted by atomic mass is 35.5. The molecular formula is C24H23Cl2N5O4S. The predicted octanol–water partition coefficient (Wildman–Crippen LogP) is 4.90. The number of methoxy groups -OCH3 is 1. The highest BCUT2D eigenvalue weighted by Gasteiger charge is 2.30. The van der Waals surface area contributed by atoms with Gasteiger partial charge in [-0.3, -0.25) is 4.79 Å². The highest BCUT2D eigenvalue weighted by Crippen LogP contribution is 2.36. The van der Waals surface area contributed by atoms with E-state index in [-0.39, 0.29) is 24.6 Å². The summed E-state index contributed by atoms with van der Waals surface area (Å²) in [4.78, 5) is 32.8. The largest absolute Gasteiger partial charge is 0.481 e. The molecule has 4 heterocycles. The Kier molecular flexibility index (Phi) is 7.54. The first-order valence-corrected chi connectivity index (χ1v) is 13.0. The van der Waals surface area contributed by atoms with E-state index in [2.05, 4.69) is 15.1 Å². The minimum atomic E-state index is -0.280. The van der Waals surface area contributed by atoms with Gasteiger partial charge >= 0.3 is 6.01 Å². The molecule has 2 aliphatic rings. The van der Waals surface area contributed by atoms with Crippen LogP contribution in [-0.2, 0) is 9.63 Å². The number of likely N-dealkylation sites (tertiary alicyclic amines) is 1. The van der Waals surface area contributed by atoms with Crippen LogP contribution in [0.25, 0.3) is 0 Å². The molecule has 12 heteroatoms. The second-order valence-corrected chi connectivity index (χ2v) is 10.2. The van der Waals surface area contributed by atoms with Crippen LogP contribution in [0.1, 0.15) is 47.5 Å². The molecular weight excluding hydrogens is 525 g/mol. The summed E-state index contributed by atoms with van der Waals surface area (Å²) in [6.45, 7) is 1.25. The van der Waals surface area contributed by atoms with Gasteiger partial charge in [-0.25, -0.2) is 4.98 Å². The molecule has 0 bridgehead atoms. The van der Waals surface area contributed by atoms with E-state index in [1.54, 1.807) is 23.5 Å². The number of hydrogen-bond acceptors (Lipinski definition) is 9. The van der Waals surface area contributed by atoms with Crippen molar-refractivity contribution < 1.29 is 19.1 Å². The number of carbonyl (C=O) groups excluding carboxylic acids is 1. The normalized spacial score (nSPS) is 18.0. The van der Waals surface area contributed by atoms with Crippen LogP contribution in [0.3, 0.4) is 0 Å². The SMILES string of the molecule is COc1ncc(OCC(=O)N2CCC(c3nc(C4=NOC(c5cc(Cl)ccc5Cl)C4)cs3)CC2)cn1. The number of nitrogens with zero attached hydrogens (tertiary/aromatic N) is 5. The molecule has 1 saturated heterocycles. The second-order valence-electron chi connectivity index (χ2n) is 8.42. The number of benzene rings is 1. The summed E-state index contributed by atoms with van der Waals surface area (Å²) < 4.78 is 10.4. The van der Waals surface area contributed by atoms with Gasteiger partial charge in [0.2, 0.25) is 0 Å². The molecule has 0 aliphatic carbocycles. The Hall–Kier alpha value is -2.95. The molecule has 1 fully saturated rings. The van der Waals surface area contributed by atoms with Gasteiger partial charge in [0.15, 0.2) is 18.5 Å². The van der Waals surface area contributed by atoms with Crippen molar-refractivity contribution in [3.05, 3.63) is 62.3 Å². The number of aromatic nitrogens is 3. The smallest absolute Gasteiger partial charge is 0.316 e. The number of ether oxygens (including phenoxy) is 2. The van der Waals surface area contributed by atoms with E-state index in [9.17, 15) is 4.79 Å². The molecule has 1 aromatic carbocycles. The molecule has 3 aromatic rings. The number of amides is 1. The molecule has 0 N–H and O–H groups in total. The zero-order valence-electron chi connectivity index (χ0n) is 19.4. The lowest BCUT2D eigenvalue weighted by molar-refractivity contribution is -0.134. The minimum absolute atomic E-state index is 0.0562. The van der Waals surface area contributed by atoms with Crippen LogP contribution in [0.15, 0.2) is 41.1 Å². The van der Waals surface area contributed by atoms with Gasteiger partial charge < -0.3 is 19.2 Å². The topological polar surface area (TPSA) is 99.0 Å². The average molecular weight is 548 g/mol. The van der Waals surface area contributed by atoms with Crippen LogP contribution < -0.4 is 9.47 Å². The average Bonchev–Trinajstić information content (AvgIpc) is 3.59. The summed E-state index contributed by atoms with van der Waals surface area (Å²) in [6, 6.07) is 5.57. The lowest BCUT2D eigenvalue weighted by atomic mass is 9.97. The lowest BCUT2D eigenvalue weighted by Crippen LogP contribution is -2.40. The fraction of sp³-hybridized carbons (Fsp3) is 0.375. The van der Waals surface area contributed by atoms with Crippen molar-refractivity contribution in [2.75, 3.05) is 26.8 Å². The van der Waals surface area contributed by atoms with Gasteiger partial charge in [0.25, 0.3) is 5.91 Å². The number of oxime groups is 1. The van der Waals surface area contributed by atoms with Crippen molar-refractivity contribution in [2.45, 2.75) is 31.3 Å². The third-order valence-corrected chi connectivity index (χ3v) is 7.72. The van der Waals surface area contributed by atoms with Crippen molar-refractivity contribution in [3.8, 4) is 11.8 Å². The zero-order chi connectivity index (χ0) is 25.1. The maximum absolute atomic E-state index is 12.6. The molecule has 1 amide bonds. The fourth-order valence-corrected chi connectivity index (χ4v) is 5.58. The Morgan fingerprint density at radius 3 is 2.75 bits per heavy atom. The van der Waals surface area contributed by atoms with Crippen molar-refractivity contribution in [3.63, 3.8) is 0 Å². The van der Waals surface area contributed by atoms with Crippen LogP contribution in [-0.4, -0.2) is 58.3 Å². The third-order valence-electron chi connectivity index (χ3n) is 6.14. The molecule has 5 rings (SSSR count). The molecule has 1 unspecified atom stereocenters. The monoisotopic (exact) mass is 547 g/mol. The standard InChI is InChI=1S/C24H23Cl2N5O4S/c1-33-24-27-10-16(11-28-24)34-12-22(32)31-6-4-14(5-7-31)23-29-20(13-36-23)19-9-21(35-30-19)17-8-15(25)2-3-18(17)26/h2-3,8,10-11,13-14,21H,4-7,9,12H2,1H3. The van der Waals surface area contributed by atoms with Crippen molar-refractivity contribution in [1.29, 1.82) is 0 Å². The highest BCUT2D eigenvalue weighted by molar-refractivity contribution is 7.10. The number of piperidine rings is 1. The van der Waals surface area contributed by atoms with Crippen LogP contribution in [0.5, 0.6) is 11.8 Å². The van der Waals surface area contributed by atoms with Gasteiger partial charge in [-0.1, -0.05) is 28.4 Å². The molecule has 0 radical (unpaired) electrons. The Balaban J connectivity index is 1.12. The molecule has 2 aliphatic heterocycles. The number of hydrogen-bond donors (Lipinski definition) is 0. The Bertz CT molecular complexity index is 1260. The van der Waals surface area contributed by atoms with Crippen molar-refractivity contribution >= 4 is 46.2 Å². The molecule has 2 aromatic heterocycles. The van der Waals surface area contributed by atoms with E-state index in [1.165, 1.54) is 19.5 Å². The van der Waals surface area contributed by atoms with Crippen molar-refractivity contribution in [2.24, 2.45) is 5.16 Å². The maximum atomic E-state index is 12.6. The molecule has 1 atom stereocenters. The number of halogens is 2. The quantitative estimate of drug-likeness (QED) is 0.414. The summed E-state index contributed by atoms with van der Waals surface area (Å²) in [5.41, 5.74) is 2.44. The summed E-state index contributed by atoms with van der Waals surface area (Å²) >= 11 is 14.1. The Labute approximate surface area is 222 Å². The summed E-state index contributed by atoms with van der Waals surface area (Å²) in [5, 5.41) is 8.53. The van der Waals surface area contributed by atoms with Gasteiger partial charge in [0, 0.05) is 46.4 Å². The van der Waals surface area contributed by atoms with Crippen LogP contribution in [0, 0.1) is 0 Å². The zero-order valence-corrected chi connectivity index (χ0v) is 21.7. The molecule has 0 spiro atoms. The first-order chi connectivity index (χ1) is 17.5. The number of rotatable bonds is 7. The van der Waals surface area contributed by atoms with Crippen LogP contribution in [0.2, 0.25) is 10.0 Å². The van der Waals surface area contributed by atoms with Crippen LogP contribution >= 0.6 is 34.5 Å². The third kappa shape index (κ3) is 5.55.